The Morgan fingerprint density at radius 3 is 2.63 bits per heavy atom. The first kappa shape index (κ1) is 18.6. The van der Waals surface area contributed by atoms with Crippen LogP contribution < -0.4 is 5.32 Å². The highest BCUT2D eigenvalue weighted by atomic mass is 35.5. The van der Waals surface area contributed by atoms with Crippen LogP contribution >= 0.6 is 11.6 Å². The molecule has 138 valence electrons. The molecule has 0 aliphatic heterocycles. The maximum Gasteiger partial charge on any atom is 0.338 e. The van der Waals surface area contributed by atoms with Gasteiger partial charge in [0, 0.05) is 10.7 Å². The highest BCUT2D eigenvalue weighted by Crippen LogP contribution is 2.17. The fourth-order valence-corrected chi connectivity index (χ4v) is 2.62. The van der Waals surface area contributed by atoms with Crippen LogP contribution in [0.4, 0.5) is 5.69 Å². The maximum absolute atomic E-state index is 12.6. The third-order valence-electron chi connectivity index (χ3n) is 3.81. The van der Waals surface area contributed by atoms with Gasteiger partial charge in [-0.15, -0.1) is 5.10 Å². The lowest BCUT2D eigenvalue weighted by molar-refractivity contribution is 0.0526. The summed E-state index contributed by atoms with van der Waals surface area (Å²) in [6.07, 6.45) is 0. The number of anilines is 1. The molecule has 0 unspecified atom stereocenters. The van der Waals surface area contributed by atoms with Crippen LogP contribution in [0.5, 0.6) is 0 Å². The van der Waals surface area contributed by atoms with Gasteiger partial charge in [0.15, 0.2) is 5.69 Å². The van der Waals surface area contributed by atoms with Crippen LogP contribution in [0, 0.1) is 6.92 Å². The SMILES string of the molecule is CCOC(=O)c1cccc(NC(=O)c2nnn(-c3ccc(Cl)cc3)c2C)c1. The molecule has 1 amide bonds. The number of ether oxygens (including phenoxy) is 1. The molecule has 3 rings (SSSR count). The van der Waals surface area contributed by atoms with Crippen molar-refractivity contribution < 1.29 is 14.3 Å². The molecule has 3 aromatic rings. The Balaban J connectivity index is 1.80. The van der Waals surface area contributed by atoms with Gasteiger partial charge in [-0.2, -0.15) is 0 Å². The van der Waals surface area contributed by atoms with Gasteiger partial charge in [-0.1, -0.05) is 22.9 Å². The molecule has 0 aliphatic carbocycles. The van der Waals surface area contributed by atoms with E-state index in [-0.39, 0.29) is 12.3 Å². The average molecular weight is 385 g/mol. The van der Waals surface area contributed by atoms with E-state index in [1.807, 2.05) is 0 Å². The lowest BCUT2D eigenvalue weighted by Gasteiger charge is -2.07. The Morgan fingerprint density at radius 1 is 1.19 bits per heavy atom. The van der Waals surface area contributed by atoms with Gasteiger partial charge >= 0.3 is 5.97 Å². The number of carbonyl (C=O) groups is 2. The molecule has 8 heteroatoms. The van der Waals surface area contributed by atoms with E-state index in [2.05, 4.69) is 15.6 Å². The summed E-state index contributed by atoms with van der Waals surface area (Å²) in [5.74, 6) is -0.868. The maximum atomic E-state index is 12.6. The molecule has 7 nitrogen and oxygen atoms in total. The normalized spacial score (nSPS) is 10.5. The summed E-state index contributed by atoms with van der Waals surface area (Å²) in [7, 11) is 0. The largest absolute Gasteiger partial charge is 0.462 e. The molecule has 0 saturated heterocycles. The van der Waals surface area contributed by atoms with Crippen molar-refractivity contribution in [1.82, 2.24) is 15.0 Å². The first-order chi connectivity index (χ1) is 13.0. The molecule has 0 radical (unpaired) electrons. The van der Waals surface area contributed by atoms with Crippen LogP contribution in [0.1, 0.15) is 33.5 Å². The van der Waals surface area contributed by atoms with Gasteiger partial charge in [-0.05, 0) is 56.3 Å². The van der Waals surface area contributed by atoms with E-state index in [1.165, 1.54) is 0 Å². The van der Waals surface area contributed by atoms with Crippen molar-refractivity contribution in [2.45, 2.75) is 13.8 Å². The fourth-order valence-electron chi connectivity index (χ4n) is 2.50. The average Bonchev–Trinajstić information content (AvgIpc) is 3.04. The molecule has 1 N–H and O–H groups in total. The van der Waals surface area contributed by atoms with E-state index in [4.69, 9.17) is 16.3 Å². The zero-order chi connectivity index (χ0) is 19.4. The van der Waals surface area contributed by atoms with Gasteiger partial charge in [0.05, 0.1) is 23.6 Å². The van der Waals surface area contributed by atoms with E-state index in [9.17, 15) is 9.59 Å². The number of halogens is 1. The van der Waals surface area contributed by atoms with Crippen molar-refractivity contribution in [2.24, 2.45) is 0 Å². The van der Waals surface area contributed by atoms with Crippen LogP contribution in [-0.2, 0) is 4.74 Å². The van der Waals surface area contributed by atoms with Gasteiger partial charge in [0.1, 0.15) is 0 Å². The molecular formula is C19H17ClN4O3. The van der Waals surface area contributed by atoms with E-state index < -0.39 is 11.9 Å². The number of benzene rings is 2. The van der Waals surface area contributed by atoms with Crippen LogP contribution in [0.25, 0.3) is 5.69 Å². The Bertz CT molecular complexity index is 983. The van der Waals surface area contributed by atoms with Crippen molar-refractivity contribution in [3.05, 3.63) is 70.5 Å². The predicted octanol–water partition coefficient (Wildman–Crippen LogP) is 3.66. The fraction of sp³-hybridized carbons (Fsp3) is 0.158. The highest BCUT2D eigenvalue weighted by Gasteiger charge is 2.18. The minimum absolute atomic E-state index is 0.187. The number of amides is 1. The molecule has 0 bridgehead atoms. The summed E-state index contributed by atoms with van der Waals surface area (Å²) in [5, 5.41) is 11.3. The van der Waals surface area contributed by atoms with E-state index in [0.717, 1.165) is 5.69 Å². The zero-order valence-electron chi connectivity index (χ0n) is 14.8. The van der Waals surface area contributed by atoms with Crippen LogP contribution in [0.2, 0.25) is 5.02 Å². The summed E-state index contributed by atoms with van der Waals surface area (Å²) in [6, 6.07) is 13.6. The number of hydrogen-bond donors (Lipinski definition) is 1. The van der Waals surface area contributed by atoms with Crippen LogP contribution in [-0.4, -0.2) is 33.5 Å². The molecule has 2 aromatic carbocycles. The Kier molecular flexibility index (Phi) is 5.52. The number of hydrogen-bond acceptors (Lipinski definition) is 5. The molecule has 0 atom stereocenters. The molecule has 1 heterocycles. The monoisotopic (exact) mass is 384 g/mol. The van der Waals surface area contributed by atoms with Crippen molar-refractivity contribution in [1.29, 1.82) is 0 Å². The summed E-state index contributed by atoms with van der Waals surface area (Å²) < 4.78 is 6.52. The van der Waals surface area contributed by atoms with Crippen LogP contribution in [0.15, 0.2) is 48.5 Å². The quantitative estimate of drug-likeness (QED) is 0.678. The molecule has 1 aromatic heterocycles. The summed E-state index contributed by atoms with van der Waals surface area (Å²) >= 11 is 5.90. The first-order valence-electron chi connectivity index (χ1n) is 8.26. The topological polar surface area (TPSA) is 86.1 Å². The zero-order valence-corrected chi connectivity index (χ0v) is 15.5. The predicted molar refractivity (Wildman–Crippen MR) is 101 cm³/mol. The highest BCUT2D eigenvalue weighted by molar-refractivity contribution is 6.30. The lowest BCUT2D eigenvalue weighted by Crippen LogP contribution is -2.15. The number of rotatable bonds is 5. The standard InChI is InChI=1S/C19H17ClN4O3/c1-3-27-19(26)13-5-4-6-15(11-13)21-18(25)17-12(2)24(23-22-17)16-9-7-14(20)8-10-16/h4-11H,3H2,1-2H3,(H,21,25). The number of nitrogens with zero attached hydrogens (tertiary/aromatic N) is 3. The molecule has 0 fully saturated rings. The third-order valence-corrected chi connectivity index (χ3v) is 4.06. The van der Waals surface area contributed by atoms with Gasteiger partial charge in [0.2, 0.25) is 0 Å². The Labute approximate surface area is 160 Å². The minimum atomic E-state index is -0.446. The smallest absolute Gasteiger partial charge is 0.338 e. The third kappa shape index (κ3) is 4.15. The van der Waals surface area contributed by atoms with Gasteiger partial charge in [0.25, 0.3) is 5.91 Å². The van der Waals surface area contributed by atoms with Gasteiger partial charge in [-0.3, -0.25) is 4.79 Å². The second-order valence-corrected chi connectivity index (χ2v) is 6.10. The molecule has 0 aliphatic rings. The van der Waals surface area contributed by atoms with Crippen molar-refractivity contribution in [3.8, 4) is 5.69 Å². The summed E-state index contributed by atoms with van der Waals surface area (Å²) in [6.45, 7) is 3.76. The van der Waals surface area contributed by atoms with Crippen molar-refractivity contribution >= 4 is 29.2 Å². The number of esters is 1. The minimum Gasteiger partial charge on any atom is -0.462 e. The van der Waals surface area contributed by atoms with E-state index >= 15 is 0 Å². The Hall–Kier alpha value is -3.19. The molecule has 0 spiro atoms. The van der Waals surface area contributed by atoms with Crippen molar-refractivity contribution in [2.75, 3.05) is 11.9 Å². The number of aromatic nitrogens is 3. The lowest BCUT2D eigenvalue weighted by atomic mass is 10.2. The first-order valence-corrected chi connectivity index (χ1v) is 8.64. The van der Waals surface area contributed by atoms with Gasteiger partial charge in [-0.25, -0.2) is 9.48 Å². The number of nitrogens with one attached hydrogen (secondary N) is 1. The molecule has 27 heavy (non-hydrogen) atoms. The van der Waals surface area contributed by atoms with E-state index in [0.29, 0.717) is 22.0 Å². The summed E-state index contributed by atoms with van der Waals surface area (Å²) in [5.41, 5.74) is 2.33. The molecule has 0 saturated carbocycles. The second-order valence-electron chi connectivity index (χ2n) is 5.67. The number of carbonyl (C=O) groups excluding carboxylic acids is 2. The van der Waals surface area contributed by atoms with Crippen LogP contribution in [0.3, 0.4) is 0 Å². The second kappa shape index (κ2) is 8.01. The van der Waals surface area contributed by atoms with Gasteiger partial charge < -0.3 is 10.1 Å². The molecular weight excluding hydrogens is 368 g/mol. The van der Waals surface area contributed by atoms with Crippen molar-refractivity contribution in [3.63, 3.8) is 0 Å². The summed E-state index contributed by atoms with van der Waals surface area (Å²) in [4.78, 5) is 24.4. The van der Waals surface area contributed by atoms with E-state index in [1.54, 1.807) is 67.1 Å². The Morgan fingerprint density at radius 2 is 1.93 bits per heavy atom.